The van der Waals surface area contributed by atoms with Crippen molar-refractivity contribution < 1.29 is 17.5 Å². The van der Waals surface area contributed by atoms with Gasteiger partial charge in [0.1, 0.15) is 5.75 Å². The Morgan fingerprint density at radius 2 is 1.83 bits per heavy atom. The highest BCUT2D eigenvalue weighted by Gasteiger charge is 2.18. The zero-order valence-electron chi connectivity index (χ0n) is 13.2. The smallest absolute Gasteiger partial charge is 0.306 e. The molecule has 0 aliphatic rings. The number of hydrogen-bond acceptors (Lipinski definition) is 5. The summed E-state index contributed by atoms with van der Waals surface area (Å²) in [5.41, 5.74) is 1.29. The van der Waals surface area contributed by atoms with Crippen molar-refractivity contribution in [2.24, 2.45) is 0 Å². The van der Waals surface area contributed by atoms with E-state index < -0.39 is 15.0 Å². The second-order valence-corrected chi connectivity index (χ2v) is 6.90. The van der Waals surface area contributed by atoms with Gasteiger partial charge in [-0.15, -0.1) is 0 Å². The molecule has 0 aliphatic heterocycles. The molecule has 2 aromatic rings. The van der Waals surface area contributed by atoms with Crippen LogP contribution in [0.1, 0.15) is 24.0 Å². The predicted molar refractivity (Wildman–Crippen MR) is 92.5 cm³/mol. The van der Waals surface area contributed by atoms with E-state index in [-0.39, 0.29) is 17.4 Å². The van der Waals surface area contributed by atoms with E-state index in [0.29, 0.717) is 5.56 Å². The van der Waals surface area contributed by atoms with Gasteiger partial charge in [-0.25, -0.2) is 0 Å². The van der Waals surface area contributed by atoms with Crippen LogP contribution in [0.4, 0.5) is 5.69 Å². The van der Waals surface area contributed by atoms with Crippen LogP contribution >= 0.6 is 0 Å². The summed E-state index contributed by atoms with van der Waals surface area (Å²) >= 11 is 0. The first-order valence-electron chi connectivity index (χ1n) is 7.17. The summed E-state index contributed by atoms with van der Waals surface area (Å²) in [6.07, 6.45) is 4.64. The van der Waals surface area contributed by atoms with Gasteiger partial charge in [-0.3, -0.25) is 10.1 Å². The highest BCUT2D eigenvalue weighted by molar-refractivity contribution is 7.86. The van der Waals surface area contributed by atoms with Crippen LogP contribution in [0.2, 0.25) is 0 Å². The number of benzene rings is 2. The average molecular weight is 347 g/mol. The highest BCUT2D eigenvalue weighted by atomic mass is 32.2. The molecule has 1 atom stereocenters. The Balaban J connectivity index is 2.39. The lowest BCUT2D eigenvalue weighted by Crippen LogP contribution is -2.08. The zero-order chi connectivity index (χ0) is 17.7. The average Bonchev–Trinajstić information content (AvgIpc) is 2.52. The van der Waals surface area contributed by atoms with Gasteiger partial charge in [-0.1, -0.05) is 49.4 Å². The van der Waals surface area contributed by atoms with Crippen LogP contribution in [-0.2, 0) is 10.1 Å². The van der Waals surface area contributed by atoms with Crippen molar-refractivity contribution in [2.45, 2.75) is 12.8 Å². The molecule has 0 aromatic heterocycles. The Bertz CT molecular complexity index is 860. The van der Waals surface area contributed by atoms with Crippen molar-refractivity contribution in [1.82, 2.24) is 0 Å². The van der Waals surface area contributed by atoms with E-state index in [9.17, 15) is 18.5 Å². The van der Waals surface area contributed by atoms with Crippen molar-refractivity contribution in [1.29, 1.82) is 0 Å². The van der Waals surface area contributed by atoms with E-state index in [1.807, 2.05) is 49.4 Å². The number of nitro benzene ring substituents is 1. The molecule has 0 fully saturated rings. The molecule has 126 valence electrons. The van der Waals surface area contributed by atoms with Crippen molar-refractivity contribution in [3.63, 3.8) is 0 Å². The van der Waals surface area contributed by atoms with Crippen molar-refractivity contribution >= 4 is 21.9 Å². The summed E-state index contributed by atoms with van der Waals surface area (Å²) in [6, 6.07) is 13.4. The molecule has 0 aliphatic carbocycles. The van der Waals surface area contributed by atoms with Crippen LogP contribution in [0.15, 0.2) is 54.6 Å². The van der Waals surface area contributed by atoms with Crippen LogP contribution in [-0.4, -0.2) is 19.6 Å². The third-order valence-corrected chi connectivity index (χ3v) is 3.80. The minimum Gasteiger partial charge on any atom is -0.382 e. The fourth-order valence-corrected chi connectivity index (χ4v) is 2.65. The van der Waals surface area contributed by atoms with E-state index >= 15 is 0 Å². The molecule has 0 N–H and O–H groups in total. The second-order valence-electron chi connectivity index (χ2n) is 5.33. The molecule has 7 heteroatoms. The summed E-state index contributed by atoms with van der Waals surface area (Å²) in [7, 11) is -3.73. The molecule has 0 heterocycles. The molecule has 0 spiro atoms. The van der Waals surface area contributed by atoms with E-state index in [4.69, 9.17) is 4.18 Å². The number of rotatable bonds is 6. The lowest BCUT2D eigenvalue weighted by atomic mass is 9.98. The molecule has 6 nitrogen and oxygen atoms in total. The van der Waals surface area contributed by atoms with E-state index in [2.05, 4.69) is 0 Å². The normalized spacial score (nSPS) is 12.9. The Morgan fingerprint density at radius 1 is 1.17 bits per heavy atom. The first kappa shape index (κ1) is 17.7. The number of allylic oxidation sites excluding steroid dienone is 1. The molecule has 0 radical (unpaired) electrons. The topological polar surface area (TPSA) is 86.5 Å². The maximum atomic E-state index is 11.4. The molecule has 0 amide bonds. The van der Waals surface area contributed by atoms with Crippen molar-refractivity contribution in [2.75, 3.05) is 6.26 Å². The third-order valence-electron chi connectivity index (χ3n) is 3.31. The first-order chi connectivity index (χ1) is 11.3. The fourth-order valence-electron chi connectivity index (χ4n) is 2.17. The van der Waals surface area contributed by atoms with Crippen LogP contribution in [0.5, 0.6) is 5.75 Å². The van der Waals surface area contributed by atoms with Crippen molar-refractivity contribution in [3.8, 4) is 5.75 Å². The third kappa shape index (κ3) is 4.92. The summed E-state index contributed by atoms with van der Waals surface area (Å²) < 4.78 is 27.8. The minimum absolute atomic E-state index is 0.0910. The number of hydrogen-bond donors (Lipinski definition) is 0. The maximum Gasteiger partial charge on any atom is 0.306 e. The molecule has 0 bridgehead atoms. The van der Waals surface area contributed by atoms with E-state index in [1.165, 1.54) is 18.2 Å². The van der Waals surface area contributed by atoms with Gasteiger partial charge in [-0.2, -0.15) is 8.42 Å². The Hall–Kier alpha value is -2.67. The number of nitro groups is 1. The largest absolute Gasteiger partial charge is 0.382 e. The summed E-state index contributed by atoms with van der Waals surface area (Å²) in [5.74, 6) is -0.185. The second kappa shape index (κ2) is 7.27. The minimum atomic E-state index is -3.73. The Kier molecular flexibility index (Phi) is 5.35. The molecule has 24 heavy (non-hydrogen) atoms. The van der Waals surface area contributed by atoms with Crippen LogP contribution < -0.4 is 4.18 Å². The van der Waals surface area contributed by atoms with Crippen LogP contribution in [0.3, 0.4) is 0 Å². The highest BCUT2D eigenvalue weighted by Crippen LogP contribution is 2.32. The molecule has 1 unspecified atom stereocenters. The quantitative estimate of drug-likeness (QED) is 0.451. The van der Waals surface area contributed by atoms with Gasteiger partial charge >= 0.3 is 10.1 Å². The molecular formula is C17H17NO5S. The van der Waals surface area contributed by atoms with Gasteiger partial charge in [-0.05, 0) is 11.6 Å². The van der Waals surface area contributed by atoms with Crippen LogP contribution in [0.25, 0.3) is 6.08 Å². The molecule has 2 aromatic carbocycles. The Morgan fingerprint density at radius 3 is 2.42 bits per heavy atom. The molecule has 0 saturated carbocycles. The zero-order valence-corrected chi connectivity index (χ0v) is 14.1. The predicted octanol–water partition coefficient (Wildman–Crippen LogP) is 3.75. The fraction of sp³-hybridized carbons (Fsp3) is 0.176. The summed E-state index contributed by atoms with van der Waals surface area (Å²) in [4.78, 5) is 10.5. The summed E-state index contributed by atoms with van der Waals surface area (Å²) in [5, 5.41) is 11.0. The van der Waals surface area contributed by atoms with Crippen LogP contribution in [0, 0.1) is 10.1 Å². The van der Waals surface area contributed by atoms with Gasteiger partial charge in [0, 0.05) is 23.6 Å². The van der Waals surface area contributed by atoms with Crippen molar-refractivity contribution in [3.05, 3.63) is 75.8 Å². The Labute approximate surface area is 140 Å². The van der Waals surface area contributed by atoms with E-state index in [1.54, 1.807) is 0 Å². The number of non-ortho nitro benzene ring substituents is 1. The lowest BCUT2D eigenvalue weighted by Gasteiger charge is -2.13. The monoisotopic (exact) mass is 347 g/mol. The lowest BCUT2D eigenvalue weighted by molar-refractivity contribution is -0.384. The van der Waals surface area contributed by atoms with Gasteiger partial charge in [0.05, 0.1) is 11.2 Å². The molecular weight excluding hydrogens is 330 g/mol. The van der Waals surface area contributed by atoms with E-state index in [0.717, 1.165) is 11.8 Å². The van der Waals surface area contributed by atoms with Gasteiger partial charge in [0.25, 0.3) is 5.69 Å². The molecule has 0 saturated heterocycles. The SMILES string of the molecule is CC(/C=C/c1ccccc1)c1cc([N+](=O)[O-])ccc1OS(C)(=O)=O. The molecule has 2 rings (SSSR count). The number of nitrogens with zero attached hydrogens (tertiary/aromatic N) is 1. The summed E-state index contributed by atoms with van der Waals surface area (Å²) in [6.45, 7) is 1.81. The maximum absolute atomic E-state index is 11.4. The van der Waals surface area contributed by atoms with Gasteiger partial charge in [0.2, 0.25) is 0 Å². The van der Waals surface area contributed by atoms with Gasteiger partial charge < -0.3 is 4.18 Å². The first-order valence-corrected chi connectivity index (χ1v) is 8.99. The van der Waals surface area contributed by atoms with Gasteiger partial charge in [0.15, 0.2) is 0 Å². The standard InChI is InChI=1S/C17H17NO5S/c1-13(8-9-14-6-4-3-5-7-14)16-12-15(18(19)20)10-11-17(16)23-24(2,21)22/h3-13H,1-2H3/b9-8+.